The summed E-state index contributed by atoms with van der Waals surface area (Å²) < 4.78 is 0. The lowest BCUT2D eigenvalue weighted by Crippen LogP contribution is -2.41. The zero-order valence-electron chi connectivity index (χ0n) is 15.1. The number of likely N-dealkylation sites (N-methyl/N-ethyl adjacent to an activating group) is 1. The number of carbonyl (C=O) groups is 1. The van der Waals surface area contributed by atoms with E-state index < -0.39 is 5.60 Å². The van der Waals surface area contributed by atoms with Crippen LogP contribution in [0.15, 0.2) is 4.79 Å². The molecule has 1 aliphatic heterocycles. The normalized spacial score (nSPS) is 21.8. The molecule has 0 bridgehead atoms. The molecule has 0 spiro atoms. The molecule has 0 radical (unpaired) electrons. The fraction of sp³-hybridized carbons (Fsp3) is 0.706. The van der Waals surface area contributed by atoms with Gasteiger partial charge in [-0.05, 0) is 47.2 Å². The zero-order chi connectivity index (χ0) is 17.9. The van der Waals surface area contributed by atoms with E-state index in [1.807, 2.05) is 19.0 Å². The van der Waals surface area contributed by atoms with Crippen LogP contribution >= 0.6 is 0 Å². The molecular formula is C17H28N4O3. The molecule has 1 atom stereocenters. The number of carbonyl (C=O) groups excluding carboxylic acids is 1. The number of amides is 1. The van der Waals surface area contributed by atoms with Crippen molar-refractivity contribution in [3.05, 3.63) is 27.4 Å². The zero-order valence-corrected chi connectivity index (χ0v) is 15.1. The summed E-state index contributed by atoms with van der Waals surface area (Å²) in [4.78, 5) is 35.3. The smallest absolute Gasteiger partial charge is 0.254 e. The van der Waals surface area contributed by atoms with Crippen molar-refractivity contribution >= 4 is 5.91 Å². The van der Waals surface area contributed by atoms with Crippen LogP contribution in [0.3, 0.4) is 0 Å². The van der Waals surface area contributed by atoms with E-state index in [-0.39, 0.29) is 17.9 Å². The Bertz CT molecular complexity index is 656. The first-order valence-corrected chi connectivity index (χ1v) is 8.41. The molecule has 0 unspecified atom stereocenters. The van der Waals surface area contributed by atoms with E-state index in [0.29, 0.717) is 49.6 Å². The Balaban J connectivity index is 2.05. The standard InChI is InChI=1S/C17H28N4O3/c1-12-14(16(23)19-13(2)18-12)10-15(22)21-8-5-6-17(24,7-9-21)11-20(3)4/h24H,5-11H2,1-4H3,(H,18,19,23)/t17-/m1/s1. The highest BCUT2D eigenvalue weighted by atomic mass is 16.3. The molecule has 1 saturated heterocycles. The summed E-state index contributed by atoms with van der Waals surface area (Å²) in [6.07, 6.45) is 2.05. The lowest BCUT2D eigenvalue weighted by Gasteiger charge is -2.30. The van der Waals surface area contributed by atoms with E-state index in [2.05, 4.69) is 9.97 Å². The van der Waals surface area contributed by atoms with Crippen molar-refractivity contribution in [1.29, 1.82) is 0 Å². The summed E-state index contributed by atoms with van der Waals surface area (Å²) in [5, 5.41) is 10.7. The second-order valence-corrected chi connectivity index (χ2v) is 7.09. The molecule has 0 aliphatic carbocycles. The predicted octanol–water partition coefficient (Wildman–Crippen LogP) is 0.234. The Morgan fingerprint density at radius 2 is 2.04 bits per heavy atom. The van der Waals surface area contributed by atoms with Gasteiger partial charge in [0.05, 0.1) is 12.0 Å². The number of nitrogens with one attached hydrogen (secondary N) is 1. The molecule has 1 aliphatic rings. The van der Waals surface area contributed by atoms with E-state index in [0.717, 1.165) is 6.42 Å². The largest absolute Gasteiger partial charge is 0.388 e. The number of rotatable bonds is 4. The third-order valence-electron chi connectivity index (χ3n) is 4.55. The van der Waals surface area contributed by atoms with Gasteiger partial charge in [0.2, 0.25) is 5.91 Å². The van der Waals surface area contributed by atoms with Gasteiger partial charge >= 0.3 is 0 Å². The average molecular weight is 336 g/mol. The molecule has 2 N–H and O–H groups in total. The predicted molar refractivity (Wildman–Crippen MR) is 92.0 cm³/mol. The topological polar surface area (TPSA) is 89.5 Å². The number of aromatic nitrogens is 2. The van der Waals surface area contributed by atoms with Crippen molar-refractivity contribution in [3.63, 3.8) is 0 Å². The van der Waals surface area contributed by atoms with E-state index in [1.165, 1.54) is 0 Å². The van der Waals surface area contributed by atoms with Crippen molar-refractivity contribution in [1.82, 2.24) is 19.8 Å². The molecule has 7 nitrogen and oxygen atoms in total. The highest BCUT2D eigenvalue weighted by molar-refractivity contribution is 5.79. The minimum absolute atomic E-state index is 0.0561. The quantitative estimate of drug-likeness (QED) is 0.822. The van der Waals surface area contributed by atoms with E-state index >= 15 is 0 Å². The molecule has 0 saturated carbocycles. The third-order valence-corrected chi connectivity index (χ3v) is 4.55. The molecule has 0 aromatic carbocycles. The van der Waals surface area contributed by atoms with Crippen LogP contribution in [0.5, 0.6) is 0 Å². The van der Waals surface area contributed by atoms with Crippen LogP contribution in [0.2, 0.25) is 0 Å². The molecule has 1 aromatic heterocycles. The molecule has 1 amide bonds. The van der Waals surface area contributed by atoms with Gasteiger partial charge in [0.1, 0.15) is 5.82 Å². The Morgan fingerprint density at radius 1 is 1.33 bits per heavy atom. The summed E-state index contributed by atoms with van der Waals surface area (Å²) >= 11 is 0. The number of aryl methyl sites for hydroxylation is 2. The summed E-state index contributed by atoms with van der Waals surface area (Å²) in [5.74, 6) is 0.473. The van der Waals surface area contributed by atoms with Gasteiger partial charge in [-0.25, -0.2) is 4.98 Å². The number of H-pyrrole nitrogens is 1. The van der Waals surface area contributed by atoms with Gasteiger partial charge in [0.25, 0.3) is 5.56 Å². The number of aromatic amines is 1. The number of hydrogen-bond acceptors (Lipinski definition) is 5. The van der Waals surface area contributed by atoms with Gasteiger partial charge in [0.15, 0.2) is 0 Å². The second-order valence-electron chi connectivity index (χ2n) is 7.09. The van der Waals surface area contributed by atoms with Gasteiger partial charge < -0.3 is 19.9 Å². The summed E-state index contributed by atoms with van der Waals surface area (Å²) in [5.41, 5.74) is 0.0337. The number of hydrogen-bond donors (Lipinski definition) is 2. The van der Waals surface area contributed by atoms with Crippen LogP contribution in [0.1, 0.15) is 36.3 Å². The minimum atomic E-state index is -0.753. The number of nitrogens with zero attached hydrogens (tertiary/aromatic N) is 3. The summed E-state index contributed by atoms with van der Waals surface area (Å²) in [6.45, 7) is 5.20. The van der Waals surface area contributed by atoms with Crippen molar-refractivity contribution in [2.45, 2.75) is 45.1 Å². The maximum Gasteiger partial charge on any atom is 0.254 e. The Morgan fingerprint density at radius 3 is 2.67 bits per heavy atom. The summed E-state index contributed by atoms with van der Waals surface area (Å²) in [6, 6.07) is 0. The van der Waals surface area contributed by atoms with Crippen molar-refractivity contribution in [2.24, 2.45) is 0 Å². The molecule has 1 aromatic rings. The van der Waals surface area contributed by atoms with E-state index in [9.17, 15) is 14.7 Å². The molecule has 24 heavy (non-hydrogen) atoms. The van der Waals surface area contributed by atoms with Crippen LogP contribution < -0.4 is 5.56 Å². The van der Waals surface area contributed by atoms with Crippen molar-refractivity contribution in [2.75, 3.05) is 33.7 Å². The van der Waals surface area contributed by atoms with Crippen LogP contribution in [-0.4, -0.2) is 70.1 Å². The van der Waals surface area contributed by atoms with Gasteiger partial charge in [-0.2, -0.15) is 0 Å². The van der Waals surface area contributed by atoms with E-state index in [1.54, 1.807) is 18.7 Å². The first-order valence-electron chi connectivity index (χ1n) is 8.41. The fourth-order valence-corrected chi connectivity index (χ4v) is 3.40. The van der Waals surface area contributed by atoms with Crippen LogP contribution in [0, 0.1) is 13.8 Å². The third kappa shape index (κ3) is 4.64. The number of aliphatic hydroxyl groups is 1. The first-order chi connectivity index (χ1) is 11.2. The fourth-order valence-electron chi connectivity index (χ4n) is 3.40. The molecule has 7 heteroatoms. The van der Waals surface area contributed by atoms with E-state index in [4.69, 9.17) is 0 Å². The highest BCUT2D eigenvalue weighted by Gasteiger charge is 2.32. The van der Waals surface area contributed by atoms with Crippen molar-refractivity contribution in [3.8, 4) is 0 Å². The lowest BCUT2D eigenvalue weighted by atomic mass is 9.94. The Hall–Kier alpha value is -1.73. The minimum Gasteiger partial charge on any atom is -0.388 e. The molecular weight excluding hydrogens is 308 g/mol. The maximum atomic E-state index is 12.6. The van der Waals surface area contributed by atoms with Gasteiger partial charge in [-0.3, -0.25) is 9.59 Å². The van der Waals surface area contributed by atoms with Gasteiger partial charge in [-0.1, -0.05) is 0 Å². The Kier molecular flexibility index (Phi) is 5.77. The Labute approximate surface area is 142 Å². The van der Waals surface area contributed by atoms with Crippen molar-refractivity contribution < 1.29 is 9.90 Å². The monoisotopic (exact) mass is 336 g/mol. The lowest BCUT2D eigenvalue weighted by molar-refractivity contribution is -0.130. The SMILES string of the molecule is Cc1nc(C)c(CC(=O)N2CCC[C@](O)(CN(C)C)CC2)c(=O)[nH]1. The molecule has 1 fully saturated rings. The maximum absolute atomic E-state index is 12.6. The second kappa shape index (κ2) is 7.44. The van der Waals surface area contributed by atoms with Crippen LogP contribution in [-0.2, 0) is 11.2 Å². The molecule has 2 rings (SSSR count). The van der Waals surface area contributed by atoms with Gasteiger partial charge in [0, 0.05) is 30.9 Å². The molecule has 2 heterocycles. The van der Waals surface area contributed by atoms with Crippen LogP contribution in [0.4, 0.5) is 0 Å². The first kappa shape index (κ1) is 18.6. The summed E-state index contributed by atoms with van der Waals surface area (Å²) in [7, 11) is 3.87. The van der Waals surface area contributed by atoms with Gasteiger partial charge in [-0.15, -0.1) is 0 Å². The number of likely N-dealkylation sites (tertiary alicyclic amines) is 1. The highest BCUT2D eigenvalue weighted by Crippen LogP contribution is 2.23. The molecule has 134 valence electrons. The van der Waals surface area contributed by atoms with Crippen LogP contribution in [0.25, 0.3) is 0 Å². The average Bonchev–Trinajstić information content (AvgIpc) is 2.63.